The number of Topliss-reactive ketones (excluding diaryl/α,β-unsaturated/α-hetero) is 1. The predicted molar refractivity (Wildman–Crippen MR) is 92.0 cm³/mol. The lowest BCUT2D eigenvalue weighted by Crippen LogP contribution is -2.33. The Kier molecular flexibility index (Phi) is 6.22. The van der Waals surface area contributed by atoms with Gasteiger partial charge < -0.3 is 10.1 Å². The number of benzene rings is 1. The van der Waals surface area contributed by atoms with Crippen molar-refractivity contribution in [2.24, 2.45) is 0 Å². The number of ether oxygens (including phenoxy) is 1. The van der Waals surface area contributed by atoms with E-state index >= 15 is 0 Å². The van der Waals surface area contributed by atoms with Crippen molar-refractivity contribution in [3.05, 3.63) is 46.8 Å². The Bertz CT molecular complexity index is 919. The van der Waals surface area contributed by atoms with Crippen molar-refractivity contribution in [2.45, 2.75) is 26.4 Å². The van der Waals surface area contributed by atoms with Gasteiger partial charge in [-0.3, -0.25) is 14.4 Å². The minimum absolute atomic E-state index is 0.00650. The average molecular weight is 397 g/mol. The molecule has 0 unspecified atom stereocenters. The lowest BCUT2D eigenvalue weighted by molar-refractivity contribution is -0.140. The van der Waals surface area contributed by atoms with Gasteiger partial charge in [-0.05, 0) is 32.0 Å². The van der Waals surface area contributed by atoms with Crippen molar-refractivity contribution < 1.29 is 32.3 Å². The highest BCUT2D eigenvalue weighted by Crippen LogP contribution is 2.30. The smallest absolute Gasteiger partial charge is 0.416 e. The number of hydrogen-bond acceptors (Lipinski definition) is 5. The molecule has 0 radical (unpaired) electrons. The van der Waals surface area contributed by atoms with Crippen molar-refractivity contribution in [1.29, 1.82) is 0 Å². The van der Waals surface area contributed by atoms with Gasteiger partial charge >= 0.3 is 12.1 Å². The summed E-state index contributed by atoms with van der Waals surface area (Å²) in [6.07, 6.45) is -4.62. The molecule has 0 bridgehead atoms. The summed E-state index contributed by atoms with van der Waals surface area (Å²) in [7, 11) is 1.20. The third kappa shape index (κ3) is 4.56. The van der Waals surface area contributed by atoms with Crippen LogP contribution in [0.1, 0.15) is 33.7 Å². The lowest BCUT2D eigenvalue weighted by Gasteiger charge is -2.10. The van der Waals surface area contributed by atoms with Crippen LogP contribution >= 0.6 is 0 Å². The van der Waals surface area contributed by atoms with E-state index in [4.69, 9.17) is 0 Å². The summed E-state index contributed by atoms with van der Waals surface area (Å²) in [6, 6.07) is 4.48. The monoisotopic (exact) mass is 397 g/mol. The molecule has 0 spiro atoms. The summed E-state index contributed by atoms with van der Waals surface area (Å²) < 4.78 is 44.4. The van der Waals surface area contributed by atoms with Crippen LogP contribution in [-0.4, -0.2) is 41.1 Å². The minimum Gasteiger partial charge on any atom is -0.469 e. The summed E-state index contributed by atoms with van der Waals surface area (Å²) in [5.74, 6) is -2.38. The number of alkyl halides is 3. The molecule has 1 amide bonds. The van der Waals surface area contributed by atoms with Crippen molar-refractivity contribution in [1.82, 2.24) is 15.1 Å². The molecule has 1 N–H and O–H groups in total. The molecule has 28 heavy (non-hydrogen) atoms. The molecule has 0 saturated carbocycles. The number of esters is 1. The van der Waals surface area contributed by atoms with Gasteiger partial charge in [0, 0.05) is 6.54 Å². The number of ketones is 1. The first-order chi connectivity index (χ1) is 13.1. The first-order valence-corrected chi connectivity index (χ1v) is 8.19. The van der Waals surface area contributed by atoms with Crippen LogP contribution in [0.25, 0.3) is 5.69 Å². The van der Waals surface area contributed by atoms with Crippen LogP contribution in [0.5, 0.6) is 0 Å². The van der Waals surface area contributed by atoms with E-state index in [-0.39, 0.29) is 35.6 Å². The van der Waals surface area contributed by atoms with Crippen LogP contribution in [0.2, 0.25) is 0 Å². The first kappa shape index (κ1) is 21.1. The van der Waals surface area contributed by atoms with Crippen LogP contribution in [0.4, 0.5) is 13.2 Å². The zero-order chi connectivity index (χ0) is 21.1. The van der Waals surface area contributed by atoms with Gasteiger partial charge in [-0.25, -0.2) is 4.68 Å². The summed E-state index contributed by atoms with van der Waals surface area (Å²) in [5.41, 5.74) is -0.326. The van der Waals surface area contributed by atoms with E-state index in [1.54, 1.807) is 0 Å². The highest BCUT2D eigenvalue weighted by atomic mass is 19.4. The fourth-order valence-electron chi connectivity index (χ4n) is 2.61. The van der Waals surface area contributed by atoms with E-state index in [1.165, 1.54) is 37.8 Å². The number of aryl methyl sites for hydroxylation is 1. The van der Waals surface area contributed by atoms with Gasteiger partial charge in [-0.1, -0.05) is 6.07 Å². The zero-order valence-electron chi connectivity index (χ0n) is 15.4. The Balaban J connectivity index is 2.28. The summed E-state index contributed by atoms with van der Waals surface area (Å²) >= 11 is 0. The Morgan fingerprint density at radius 3 is 2.50 bits per heavy atom. The summed E-state index contributed by atoms with van der Waals surface area (Å²) in [4.78, 5) is 35.5. The third-order valence-electron chi connectivity index (χ3n) is 3.99. The van der Waals surface area contributed by atoms with Crippen LogP contribution in [-0.2, 0) is 20.5 Å². The minimum atomic E-state index is -4.52. The van der Waals surface area contributed by atoms with Crippen molar-refractivity contribution in [3.63, 3.8) is 0 Å². The molecule has 1 aromatic carbocycles. The van der Waals surface area contributed by atoms with Gasteiger partial charge in [0.1, 0.15) is 0 Å². The van der Waals surface area contributed by atoms with E-state index in [0.717, 1.165) is 12.1 Å². The van der Waals surface area contributed by atoms with Gasteiger partial charge in [0.05, 0.1) is 41.7 Å². The zero-order valence-corrected chi connectivity index (χ0v) is 15.4. The predicted octanol–water partition coefficient (Wildman–Crippen LogP) is 2.37. The molecule has 150 valence electrons. The number of methoxy groups -OCH3 is 1. The Morgan fingerprint density at radius 1 is 1.21 bits per heavy atom. The van der Waals surface area contributed by atoms with E-state index in [9.17, 15) is 27.6 Å². The maximum atomic E-state index is 12.9. The van der Waals surface area contributed by atoms with Gasteiger partial charge in [0.15, 0.2) is 0 Å². The summed E-state index contributed by atoms with van der Waals surface area (Å²) in [6.45, 7) is 2.87. The molecule has 0 aliphatic heterocycles. The maximum Gasteiger partial charge on any atom is 0.416 e. The van der Waals surface area contributed by atoms with Gasteiger partial charge in [0.2, 0.25) is 0 Å². The maximum absolute atomic E-state index is 12.9. The average Bonchev–Trinajstić information content (AvgIpc) is 2.94. The molecule has 0 aliphatic carbocycles. The normalized spacial score (nSPS) is 11.2. The highest BCUT2D eigenvalue weighted by Gasteiger charge is 2.31. The standard InChI is InChI=1S/C18H18F3N3O4/c1-10-15(16(26)17(27)22-8-7-14(25)28-3)11(2)24(23-10)13-6-4-5-12(9-13)18(19,20)21/h4-6,9H,7-8H2,1-3H3,(H,22,27). The number of nitrogens with one attached hydrogen (secondary N) is 1. The first-order valence-electron chi connectivity index (χ1n) is 8.19. The van der Waals surface area contributed by atoms with Crippen molar-refractivity contribution in [2.75, 3.05) is 13.7 Å². The summed E-state index contributed by atoms with van der Waals surface area (Å²) in [5, 5.41) is 6.41. The number of carbonyl (C=O) groups is 3. The number of carbonyl (C=O) groups excluding carboxylic acids is 3. The second-order valence-electron chi connectivity index (χ2n) is 5.92. The van der Waals surface area contributed by atoms with E-state index in [1.807, 2.05) is 0 Å². The molecule has 2 rings (SSSR count). The number of hydrogen-bond donors (Lipinski definition) is 1. The van der Waals surface area contributed by atoms with Crippen LogP contribution in [0.3, 0.4) is 0 Å². The Hall–Kier alpha value is -3.17. The highest BCUT2D eigenvalue weighted by molar-refractivity contribution is 6.43. The molecule has 10 heteroatoms. The van der Waals surface area contributed by atoms with E-state index in [0.29, 0.717) is 0 Å². The van der Waals surface area contributed by atoms with Gasteiger partial charge in [-0.2, -0.15) is 18.3 Å². The topological polar surface area (TPSA) is 90.3 Å². The Labute approximate surface area is 158 Å². The molecular weight excluding hydrogens is 379 g/mol. The molecule has 0 aliphatic rings. The number of halogens is 3. The second kappa shape index (κ2) is 8.24. The van der Waals surface area contributed by atoms with Crippen LogP contribution in [0, 0.1) is 13.8 Å². The van der Waals surface area contributed by atoms with Crippen LogP contribution in [0.15, 0.2) is 24.3 Å². The van der Waals surface area contributed by atoms with E-state index < -0.39 is 29.4 Å². The Morgan fingerprint density at radius 2 is 1.89 bits per heavy atom. The molecule has 7 nitrogen and oxygen atoms in total. The number of aromatic nitrogens is 2. The largest absolute Gasteiger partial charge is 0.469 e. The van der Waals surface area contributed by atoms with Crippen LogP contribution < -0.4 is 5.32 Å². The van der Waals surface area contributed by atoms with Gasteiger partial charge in [0.25, 0.3) is 11.7 Å². The molecule has 2 aromatic rings. The lowest BCUT2D eigenvalue weighted by atomic mass is 10.1. The molecule has 1 heterocycles. The molecule has 0 fully saturated rings. The molecule has 0 atom stereocenters. The number of nitrogens with zero attached hydrogens (tertiary/aromatic N) is 2. The number of rotatable bonds is 6. The molecular formula is C18H18F3N3O4. The fraction of sp³-hybridized carbons (Fsp3) is 0.333. The fourth-order valence-corrected chi connectivity index (χ4v) is 2.61. The second-order valence-corrected chi connectivity index (χ2v) is 5.92. The van der Waals surface area contributed by atoms with Crippen molar-refractivity contribution in [3.8, 4) is 5.69 Å². The third-order valence-corrected chi connectivity index (χ3v) is 3.99. The SMILES string of the molecule is COC(=O)CCNC(=O)C(=O)c1c(C)nn(-c2cccc(C(F)(F)F)c2)c1C. The van der Waals surface area contributed by atoms with Crippen molar-refractivity contribution >= 4 is 17.7 Å². The molecule has 1 aromatic heterocycles. The van der Waals surface area contributed by atoms with E-state index in [2.05, 4.69) is 15.2 Å². The number of amides is 1. The molecule has 0 saturated heterocycles. The van der Waals surface area contributed by atoms with Gasteiger partial charge in [-0.15, -0.1) is 0 Å². The quantitative estimate of drug-likeness (QED) is 0.459.